The number of ketones is 3. The fraction of sp³-hybridized carbons (Fsp3) is 0.286. The second-order valence-electron chi connectivity index (χ2n) is 7.13. The summed E-state index contributed by atoms with van der Waals surface area (Å²) in [5.41, 5.74) is 0.810. The van der Waals surface area contributed by atoms with Crippen LogP contribution in [0.2, 0.25) is 0 Å². The van der Waals surface area contributed by atoms with Crippen molar-refractivity contribution in [2.75, 3.05) is 0 Å². The Kier molecular flexibility index (Phi) is 3.04. The van der Waals surface area contributed by atoms with Gasteiger partial charge in [0.15, 0.2) is 12.0 Å². The Morgan fingerprint density at radius 1 is 1.08 bits per heavy atom. The molecule has 5 nitrogen and oxygen atoms in total. The summed E-state index contributed by atoms with van der Waals surface area (Å²) < 4.78 is 6.18. The van der Waals surface area contributed by atoms with Gasteiger partial charge in [-0.2, -0.15) is 0 Å². The van der Waals surface area contributed by atoms with Crippen molar-refractivity contribution in [2.24, 2.45) is 0 Å². The van der Waals surface area contributed by atoms with Crippen molar-refractivity contribution in [3.8, 4) is 0 Å². The molecule has 2 aliphatic heterocycles. The van der Waals surface area contributed by atoms with Gasteiger partial charge >= 0.3 is 0 Å². The van der Waals surface area contributed by atoms with Gasteiger partial charge in [0.25, 0.3) is 0 Å². The Labute approximate surface area is 150 Å². The van der Waals surface area contributed by atoms with Crippen LogP contribution in [0.5, 0.6) is 0 Å². The molecule has 0 N–H and O–H groups in total. The molecule has 130 valence electrons. The maximum atomic E-state index is 13.4. The molecule has 5 heteroatoms. The number of rotatable bonds is 0. The van der Waals surface area contributed by atoms with Crippen LogP contribution in [0.15, 0.2) is 59.5 Å². The number of ether oxygens (including phenoxy) is 1. The van der Waals surface area contributed by atoms with Gasteiger partial charge in [0.2, 0.25) is 17.2 Å². The largest absolute Gasteiger partial charge is 0.326 e. The number of Topliss-reactive ketones (excluding diaryl/α,β-unsaturated/α-hetero) is 3. The monoisotopic (exact) mass is 347 g/mol. The molecule has 1 aromatic carbocycles. The predicted octanol–water partition coefficient (Wildman–Crippen LogP) is 2.94. The van der Waals surface area contributed by atoms with Crippen LogP contribution in [-0.4, -0.2) is 34.1 Å². The third-order valence-electron chi connectivity index (χ3n) is 5.58. The second-order valence-corrected chi connectivity index (χ2v) is 7.13. The van der Waals surface area contributed by atoms with E-state index in [4.69, 9.17) is 4.74 Å². The van der Waals surface area contributed by atoms with Crippen molar-refractivity contribution in [1.82, 2.24) is 4.90 Å². The average Bonchev–Trinajstić information content (AvgIpc) is 2.84. The Hall–Kier alpha value is -2.79. The van der Waals surface area contributed by atoms with Crippen LogP contribution < -0.4 is 0 Å². The van der Waals surface area contributed by atoms with Gasteiger partial charge in [-0.1, -0.05) is 24.3 Å². The molecule has 0 saturated heterocycles. The number of hydrogen-bond acceptors (Lipinski definition) is 5. The van der Waals surface area contributed by atoms with E-state index in [0.717, 1.165) is 11.3 Å². The molecule has 5 rings (SSSR count). The number of allylic oxidation sites excluding steroid dienone is 3. The smallest absolute Gasteiger partial charge is 0.226 e. The predicted molar refractivity (Wildman–Crippen MR) is 93.3 cm³/mol. The number of benzene rings is 1. The minimum Gasteiger partial charge on any atom is -0.326 e. The van der Waals surface area contributed by atoms with Crippen LogP contribution in [0, 0.1) is 0 Å². The first kappa shape index (κ1) is 15.5. The highest BCUT2D eigenvalue weighted by Crippen LogP contribution is 2.48. The second kappa shape index (κ2) is 5.11. The molecule has 2 aliphatic carbocycles. The Morgan fingerprint density at radius 2 is 1.77 bits per heavy atom. The van der Waals surface area contributed by atoms with E-state index < -0.39 is 23.4 Å². The fourth-order valence-electron chi connectivity index (χ4n) is 4.40. The lowest BCUT2D eigenvalue weighted by atomic mass is 9.77. The summed E-state index contributed by atoms with van der Waals surface area (Å²) in [5.74, 6) is -0.999. The summed E-state index contributed by atoms with van der Waals surface area (Å²) in [6, 6.07) is 6.72. The third kappa shape index (κ3) is 1.76. The first-order chi connectivity index (χ1) is 12.5. The molecule has 1 aromatic rings. The zero-order chi connectivity index (χ0) is 18.1. The quantitative estimate of drug-likeness (QED) is 0.675. The zero-order valence-electron chi connectivity index (χ0n) is 14.3. The maximum absolute atomic E-state index is 13.4. The summed E-state index contributed by atoms with van der Waals surface area (Å²) in [6.45, 7) is 1.94. The molecular formula is C21H17NO4. The number of hydrogen-bond donors (Lipinski definition) is 0. The Balaban J connectivity index is 1.79. The first-order valence-electron chi connectivity index (χ1n) is 8.82. The van der Waals surface area contributed by atoms with E-state index in [1.54, 1.807) is 24.3 Å². The number of carbonyl (C=O) groups excluding carboxylic acids is 3. The van der Waals surface area contributed by atoms with Crippen molar-refractivity contribution in [3.63, 3.8) is 0 Å². The third-order valence-corrected chi connectivity index (χ3v) is 5.58. The maximum Gasteiger partial charge on any atom is 0.226 e. The Morgan fingerprint density at radius 3 is 2.46 bits per heavy atom. The topological polar surface area (TPSA) is 63.7 Å². The SMILES string of the molecule is CC1=C[C@H]2OC3(C(=O)c4ccccc4C3=O)C3=C(CCCC3=O)N2C=C1. The highest BCUT2D eigenvalue weighted by Gasteiger charge is 2.63. The van der Waals surface area contributed by atoms with Crippen molar-refractivity contribution in [3.05, 3.63) is 70.6 Å². The molecule has 0 saturated carbocycles. The number of fused-ring (bicyclic) bond motifs is 4. The molecule has 4 aliphatic rings. The molecule has 0 radical (unpaired) electrons. The molecule has 0 fully saturated rings. The van der Waals surface area contributed by atoms with Crippen LogP contribution in [-0.2, 0) is 9.53 Å². The molecule has 0 aromatic heterocycles. The normalized spacial score (nSPS) is 26.0. The van der Waals surface area contributed by atoms with E-state index in [1.807, 2.05) is 30.2 Å². The fourth-order valence-corrected chi connectivity index (χ4v) is 4.40. The van der Waals surface area contributed by atoms with E-state index >= 15 is 0 Å². The van der Waals surface area contributed by atoms with Crippen molar-refractivity contribution >= 4 is 17.3 Å². The van der Waals surface area contributed by atoms with Crippen molar-refractivity contribution < 1.29 is 19.1 Å². The molecule has 1 atom stereocenters. The van der Waals surface area contributed by atoms with Gasteiger partial charge in [0.1, 0.15) is 0 Å². The van der Waals surface area contributed by atoms with Crippen LogP contribution in [0.4, 0.5) is 0 Å². The summed E-state index contributed by atoms with van der Waals surface area (Å²) >= 11 is 0. The zero-order valence-corrected chi connectivity index (χ0v) is 14.3. The summed E-state index contributed by atoms with van der Waals surface area (Å²) in [6.07, 6.45) is 6.82. The Bertz CT molecular complexity index is 946. The molecule has 2 heterocycles. The van der Waals surface area contributed by atoms with Gasteiger partial charge in [0, 0.05) is 29.4 Å². The molecule has 0 unspecified atom stereocenters. The lowest BCUT2D eigenvalue weighted by molar-refractivity contribution is -0.124. The number of nitrogens with zero attached hydrogens (tertiary/aromatic N) is 1. The van der Waals surface area contributed by atoms with Crippen molar-refractivity contribution in [2.45, 2.75) is 38.0 Å². The van der Waals surface area contributed by atoms with E-state index in [-0.39, 0.29) is 11.4 Å². The average molecular weight is 347 g/mol. The highest BCUT2D eigenvalue weighted by atomic mass is 16.5. The lowest BCUT2D eigenvalue weighted by Crippen LogP contribution is -2.58. The van der Waals surface area contributed by atoms with E-state index in [1.165, 1.54) is 0 Å². The molecule has 0 amide bonds. The van der Waals surface area contributed by atoms with Crippen LogP contribution >= 0.6 is 0 Å². The van der Waals surface area contributed by atoms with Gasteiger partial charge in [0.05, 0.1) is 5.57 Å². The van der Waals surface area contributed by atoms with Gasteiger partial charge in [-0.15, -0.1) is 0 Å². The first-order valence-corrected chi connectivity index (χ1v) is 8.82. The van der Waals surface area contributed by atoms with Crippen LogP contribution in [0.3, 0.4) is 0 Å². The van der Waals surface area contributed by atoms with Gasteiger partial charge < -0.3 is 9.64 Å². The summed E-state index contributed by atoms with van der Waals surface area (Å²) in [4.78, 5) is 41.4. The van der Waals surface area contributed by atoms with E-state index in [9.17, 15) is 14.4 Å². The van der Waals surface area contributed by atoms with E-state index in [2.05, 4.69) is 0 Å². The van der Waals surface area contributed by atoms with Crippen LogP contribution in [0.1, 0.15) is 46.9 Å². The minimum atomic E-state index is -1.83. The lowest BCUT2D eigenvalue weighted by Gasteiger charge is -2.46. The standard InChI is InChI=1S/C21H17NO4/c1-12-9-10-22-15-7-4-8-16(23)18(15)21(26-17(22)11-12)19(24)13-5-2-3-6-14(13)20(21)25/h2-3,5-6,9-11,17H,4,7-8H2,1H3/t17-/m1/s1. The van der Waals surface area contributed by atoms with E-state index in [0.29, 0.717) is 30.4 Å². The van der Waals surface area contributed by atoms with Gasteiger partial charge in [-0.05, 0) is 37.5 Å². The molecule has 0 bridgehead atoms. The highest BCUT2D eigenvalue weighted by molar-refractivity contribution is 6.37. The minimum absolute atomic E-state index is 0.168. The molecule has 1 spiro atoms. The summed E-state index contributed by atoms with van der Waals surface area (Å²) in [7, 11) is 0. The number of carbonyl (C=O) groups is 3. The van der Waals surface area contributed by atoms with Crippen LogP contribution in [0.25, 0.3) is 0 Å². The van der Waals surface area contributed by atoms with Gasteiger partial charge in [-0.25, -0.2) is 0 Å². The molecule has 26 heavy (non-hydrogen) atoms. The van der Waals surface area contributed by atoms with Gasteiger partial charge in [-0.3, -0.25) is 14.4 Å². The summed E-state index contributed by atoms with van der Waals surface area (Å²) in [5, 5.41) is 0. The van der Waals surface area contributed by atoms with Crippen molar-refractivity contribution in [1.29, 1.82) is 0 Å². The molecular weight excluding hydrogens is 330 g/mol.